The summed E-state index contributed by atoms with van der Waals surface area (Å²) >= 11 is 3.17. The molecule has 0 bridgehead atoms. The largest absolute Gasteiger partial charge is 0.416 e. The van der Waals surface area contributed by atoms with Gasteiger partial charge in [-0.1, -0.05) is 0 Å². The molecule has 0 heterocycles. The number of nitrogens with one attached hydrogen (secondary N) is 1. The molecule has 0 saturated heterocycles. The molecule has 1 aromatic rings. The molecule has 0 fully saturated rings. The number of nitrogens with zero attached hydrogens (tertiary/aromatic N) is 1. The molecular formula is C13H18BrF3N2. The highest BCUT2D eigenvalue weighted by molar-refractivity contribution is 9.10. The summed E-state index contributed by atoms with van der Waals surface area (Å²) in [5, 5.41) is 3.16. The number of alkyl halides is 3. The molecule has 0 aromatic heterocycles. The Bertz CT molecular complexity index is 442. The number of hydrogen-bond donors (Lipinski definition) is 1. The van der Waals surface area contributed by atoms with Gasteiger partial charge in [-0.15, -0.1) is 0 Å². The van der Waals surface area contributed by atoms with Crippen LogP contribution in [-0.4, -0.2) is 31.1 Å². The van der Waals surface area contributed by atoms with E-state index in [4.69, 9.17) is 0 Å². The van der Waals surface area contributed by atoms with Gasteiger partial charge in [-0.25, -0.2) is 0 Å². The van der Waals surface area contributed by atoms with Crippen molar-refractivity contribution in [2.45, 2.75) is 25.6 Å². The maximum absolute atomic E-state index is 12.5. The number of rotatable bonds is 4. The molecule has 6 heteroatoms. The number of likely N-dealkylation sites (N-methyl/N-ethyl adjacent to an activating group) is 1. The van der Waals surface area contributed by atoms with Crippen LogP contribution in [0, 0.1) is 0 Å². The van der Waals surface area contributed by atoms with E-state index in [1.54, 1.807) is 0 Å². The van der Waals surface area contributed by atoms with Crippen molar-refractivity contribution in [2.24, 2.45) is 0 Å². The van der Waals surface area contributed by atoms with Gasteiger partial charge in [0, 0.05) is 22.2 Å². The van der Waals surface area contributed by atoms with Crippen molar-refractivity contribution in [2.75, 3.05) is 26.0 Å². The lowest BCUT2D eigenvalue weighted by molar-refractivity contribution is -0.137. The average molecular weight is 339 g/mol. The van der Waals surface area contributed by atoms with Gasteiger partial charge in [0.25, 0.3) is 0 Å². The molecule has 2 nitrogen and oxygen atoms in total. The van der Waals surface area contributed by atoms with E-state index in [1.807, 2.05) is 14.1 Å². The fourth-order valence-electron chi connectivity index (χ4n) is 1.30. The zero-order valence-electron chi connectivity index (χ0n) is 11.4. The molecule has 1 rings (SSSR count). The van der Waals surface area contributed by atoms with Crippen LogP contribution in [0.4, 0.5) is 18.9 Å². The van der Waals surface area contributed by atoms with Crippen molar-refractivity contribution in [1.82, 2.24) is 4.90 Å². The van der Waals surface area contributed by atoms with Gasteiger partial charge in [0.2, 0.25) is 0 Å². The maximum Gasteiger partial charge on any atom is 0.416 e. The van der Waals surface area contributed by atoms with Crippen molar-refractivity contribution in [1.29, 1.82) is 0 Å². The van der Waals surface area contributed by atoms with Crippen LogP contribution < -0.4 is 5.32 Å². The third kappa shape index (κ3) is 4.38. The molecule has 0 aliphatic heterocycles. The molecular weight excluding hydrogens is 321 g/mol. The minimum atomic E-state index is -4.32. The lowest BCUT2D eigenvalue weighted by atomic mass is 10.0. The SMILES string of the molecule is CN(C)C(C)(C)CNc1ccc(C(F)(F)F)cc1Br. The molecule has 0 amide bonds. The fourth-order valence-corrected chi connectivity index (χ4v) is 1.82. The smallest absolute Gasteiger partial charge is 0.382 e. The normalized spacial score (nSPS) is 12.9. The second kappa shape index (κ2) is 5.71. The quantitative estimate of drug-likeness (QED) is 0.884. The van der Waals surface area contributed by atoms with Crippen molar-refractivity contribution in [3.63, 3.8) is 0 Å². The van der Waals surface area contributed by atoms with Gasteiger partial charge in [-0.2, -0.15) is 13.2 Å². The van der Waals surface area contributed by atoms with Gasteiger partial charge in [0.1, 0.15) is 0 Å². The molecule has 0 atom stereocenters. The number of benzene rings is 1. The molecule has 0 unspecified atom stereocenters. The van der Waals surface area contributed by atoms with Crippen LogP contribution in [0.3, 0.4) is 0 Å². The third-order valence-electron chi connectivity index (χ3n) is 3.22. The summed E-state index contributed by atoms with van der Waals surface area (Å²) in [7, 11) is 3.92. The van der Waals surface area contributed by atoms with Crippen molar-refractivity contribution in [3.8, 4) is 0 Å². The molecule has 0 spiro atoms. The Morgan fingerprint density at radius 3 is 2.21 bits per heavy atom. The molecule has 1 aromatic carbocycles. The molecule has 0 saturated carbocycles. The highest BCUT2D eigenvalue weighted by Crippen LogP contribution is 2.34. The highest BCUT2D eigenvalue weighted by atomic mass is 79.9. The first-order chi connectivity index (χ1) is 8.54. The second-order valence-electron chi connectivity index (χ2n) is 5.25. The summed E-state index contributed by atoms with van der Waals surface area (Å²) in [6.07, 6.45) is -4.32. The Labute approximate surface area is 120 Å². The topological polar surface area (TPSA) is 15.3 Å². The molecule has 0 radical (unpaired) electrons. The molecule has 0 aliphatic rings. The standard InChI is InChI=1S/C13H18BrF3N2/c1-12(2,19(3)4)8-18-11-6-5-9(7-10(11)14)13(15,16)17/h5-7,18H,8H2,1-4H3. The van der Waals surface area contributed by atoms with Gasteiger partial charge in [-0.05, 0) is 62.1 Å². The van der Waals surface area contributed by atoms with E-state index in [-0.39, 0.29) is 5.54 Å². The predicted octanol–water partition coefficient (Wildman–Crippen LogP) is 4.22. The van der Waals surface area contributed by atoms with Gasteiger partial charge in [-0.3, -0.25) is 0 Å². The number of hydrogen-bond acceptors (Lipinski definition) is 2. The van der Waals surface area contributed by atoms with Crippen LogP contribution in [0.25, 0.3) is 0 Å². The van der Waals surface area contributed by atoms with Crippen LogP contribution in [-0.2, 0) is 6.18 Å². The van der Waals surface area contributed by atoms with E-state index >= 15 is 0 Å². The third-order valence-corrected chi connectivity index (χ3v) is 3.87. The zero-order valence-corrected chi connectivity index (χ0v) is 13.0. The monoisotopic (exact) mass is 338 g/mol. The van der Waals surface area contributed by atoms with Crippen LogP contribution in [0.1, 0.15) is 19.4 Å². The Kier molecular flexibility index (Phi) is 4.90. The van der Waals surface area contributed by atoms with E-state index < -0.39 is 11.7 Å². The zero-order chi connectivity index (χ0) is 14.8. The average Bonchev–Trinajstić information content (AvgIpc) is 2.25. The van der Waals surface area contributed by atoms with E-state index in [9.17, 15) is 13.2 Å². The van der Waals surface area contributed by atoms with Crippen LogP contribution in [0.5, 0.6) is 0 Å². The molecule has 19 heavy (non-hydrogen) atoms. The van der Waals surface area contributed by atoms with E-state index in [2.05, 4.69) is 40.0 Å². The summed E-state index contributed by atoms with van der Waals surface area (Å²) in [6.45, 7) is 4.74. The van der Waals surface area contributed by atoms with Crippen LogP contribution >= 0.6 is 15.9 Å². The van der Waals surface area contributed by atoms with Crippen molar-refractivity contribution < 1.29 is 13.2 Å². The van der Waals surface area contributed by atoms with Gasteiger partial charge in [0.15, 0.2) is 0 Å². The Balaban J connectivity index is 2.82. The van der Waals surface area contributed by atoms with Gasteiger partial charge < -0.3 is 10.2 Å². The van der Waals surface area contributed by atoms with E-state index in [0.717, 1.165) is 12.1 Å². The Morgan fingerprint density at radius 2 is 1.79 bits per heavy atom. The minimum Gasteiger partial charge on any atom is -0.382 e. The first-order valence-electron chi connectivity index (χ1n) is 5.82. The molecule has 1 N–H and O–H groups in total. The highest BCUT2D eigenvalue weighted by Gasteiger charge is 2.31. The summed E-state index contributed by atoms with van der Waals surface area (Å²) in [5.41, 5.74) is -0.0954. The van der Waals surface area contributed by atoms with Crippen LogP contribution in [0.2, 0.25) is 0 Å². The minimum absolute atomic E-state index is 0.0951. The first-order valence-corrected chi connectivity index (χ1v) is 6.61. The lowest BCUT2D eigenvalue weighted by Crippen LogP contribution is -2.44. The lowest BCUT2D eigenvalue weighted by Gasteiger charge is -2.33. The predicted molar refractivity (Wildman–Crippen MR) is 75.4 cm³/mol. The van der Waals surface area contributed by atoms with E-state index in [0.29, 0.717) is 16.7 Å². The fraction of sp³-hybridized carbons (Fsp3) is 0.538. The van der Waals surface area contributed by atoms with Crippen molar-refractivity contribution >= 4 is 21.6 Å². The summed E-state index contributed by atoms with van der Waals surface area (Å²) < 4.78 is 38.0. The Hall–Kier alpha value is -0.750. The number of anilines is 1. The molecule has 108 valence electrons. The second-order valence-corrected chi connectivity index (χ2v) is 6.11. The van der Waals surface area contributed by atoms with Gasteiger partial charge >= 0.3 is 6.18 Å². The van der Waals surface area contributed by atoms with Crippen molar-refractivity contribution in [3.05, 3.63) is 28.2 Å². The summed E-state index contributed by atoms with van der Waals surface area (Å²) in [5.74, 6) is 0. The van der Waals surface area contributed by atoms with Gasteiger partial charge in [0.05, 0.1) is 5.56 Å². The van der Waals surface area contributed by atoms with E-state index in [1.165, 1.54) is 6.07 Å². The maximum atomic E-state index is 12.5. The summed E-state index contributed by atoms with van der Waals surface area (Å²) in [6, 6.07) is 3.61. The number of halogens is 4. The molecule has 0 aliphatic carbocycles. The van der Waals surface area contributed by atoms with Crippen LogP contribution in [0.15, 0.2) is 22.7 Å². The Morgan fingerprint density at radius 1 is 1.21 bits per heavy atom. The summed E-state index contributed by atoms with van der Waals surface area (Å²) in [4.78, 5) is 2.05. The first kappa shape index (κ1) is 16.3.